The van der Waals surface area contributed by atoms with Gasteiger partial charge in [0.15, 0.2) is 0 Å². The van der Waals surface area contributed by atoms with E-state index in [9.17, 15) is 4.79 Å². The molecule has 2 heteroatoms. The highest BCUT2D eigenvalue weighted by Crippen LogP contribution is 2.17. The highest BCUT2D eigenvalue weighted by atomic mass is 16.1. The van der Waals surface area contributed by atoms with Crippen molar-refractivity contribution in [3.63, 3.8) is 0 Å². The molecular weight excluding hydrogens is 210 g/mol. The molecule has 1 atom stereocenters. The van der Waals surface area contributed by atoms with Crippen LogP contribution < -0.4 is 5.32 Å². The van der Waals surface area contributed by atoms with Crippen LogP contribution in [0.4, 0.5) is 0 Å². The zero-order valence-electron chi connectivity index (χ0n) is 11.5. The molecule has 1 amide bonds. The number of carbonyl (C=O) groups excluding carboxylic acids is 1. The van der Waals surface area contributed by atoms with Crippen LogP contribution in [0.5, 0.6) is 0 Å². The van der Waals surface area contributed by atoms with Crippen LogP contribution in [0.3, 0.4) is 0 Å². The molecule has 0 aliphatic rings. The Morgan fingerprint density at radius 1 is 1.18 bits per heavy atom. The molecule has 1 aromatic rings. The summed E-state index contributed by atoms with van der Waals surface area (Å²) in [5.74, 6) is 0.535. The monoisotopic (exact) mass is 233 g/mol. The van der Waals surface area contributed by atoms with Gasteiger partial charge in [-0.3, -0.25) is 4.79 Å². The largest absolute Gasteiger partial charge is 0.350 e. The van der Waals surface area contributed by atoms with Gasteiger partial charge in [0.25, 0.3) is 0 Å². The summed E-state index contributed by atoms with van der Waals surface area (Å²) >= 11 is 0. The molecule has 0 fully saturated rings. The second-order valence-electron chi connectivity index (χ2n) is 5.23. The minimum Gasteiger partial charge on any atom is -0.350 e. The van der Waals surface area contributed by atoms with Crippen molar-refractivity contribution in [3.05, 3.63) is 34.9 Å². The maximum Gasteiger partial charge on any atom is 0.220 e. The van der Waals surface area contributed by atoms with Crippen molar-refractivity contribution >= 4 is 5.91 Å². The van der Waals surface area contributed by atoms with E-state index in [2.05, 4.69) is 51.2 Å². The fourth-order valence-corrected chi connectivity index (χ4v) is 1.79. The molecule has 0 aromatic heterocycles. The SMILES string of the molecule is Cc1ccc(C(C)NC(=O)CC(C)C)cc1C. The van der Waals surface area contributed by atoms with E-state index < -0.39 is 0 Å². The number of benzene rings is 1. The van der Waals surface area contributed by atoms with Gasteiger partial charge in [-0.05, 0) is 43.4 Å². The van der Waals surface area contributed by atoms with Crippen LogP contribution in [0.15, 0.2) is 18.2 Å². The number of rotatable bonds is 4. The van der Waals surface area contributed by atoms with Crippen LogP contribution in [0.25, 0.3) is 0 Å². The van der Waals surface area contributed by atoms with E-state index >= 15 is 0 Å². The molecular formula is C15H23NO. The number of amides is 1. The summed E-state index contributed by atoms with van der Waals surface area (Å²) in [5.41, 5.74) is 3.73. The van der Waals surface area contributed by atoms with E-state index in [1.165, 1.54) is 16.7 Å². The van der Waals surface area contributed by atoms with Gasteiger partial charge in [-0.15, -0.1) is 0 Å². The number of hydrogen-bond donors (Lipinski definition) is 1. The zero-order chi connectivity index (χ0) is 13.0. The van der Waals surface area contributed by atoms with Crippen LogP contribution in [0.2, 0.25) is 0 Å². The highest BCUT2D eigenvalue weighted by Gasteiger charge is 2.11. The molecule has 94 valence electrons. The molecule has 0 heterocycles. The maximum absolute atomic E-state index is 11.7. The Kier molecular flexibility index (Phi) is 4.73. The molecule has 0 saturated heterocycles. The third-order valence-corrected chi connectivity index (χ3v) is 3.00. The maximum atomic E-state index is 11.7. The first-order valence-corrected chi connectivity index (χ1v) is 6.26. The lowest BCUT2D eigenvalue weighted by atomic mass is 10.0. The van der Waals surface area contributed by atoms with Gasteiger partial charge in [-0.1, -0.05) is 32.0 Å². The third kappa shape index (κ3) is 4.22. The number of hydrogen-bond acceptors (Lipinski definition) is 1. The molecule has 0 spiro atoms. The Hall–Kier alpha value is -1.31. The molecule has 1 N–H and O–H groups in total. The lowest BCUT2D eigenvalue weighted by Crippen LogP contribution is -2.27. The smallest absolute Gasteiger partial charge is 0.220 e. The number of carbonyl (C=O) groups is 1. The van der Waals surface area contributed by atoms with Crippen molar-refractivity contribution in [1.82, 2.24) is 5.32 Å². The van der Waals surface area contributed by atoms with Crippen LogP contribution in [0.1, 0.15) is 49.9 Å². The Balaban J connectivity index is 2.66. The third-order valence-electron chi connectivity index (χ3n) is 3.00. The zero-order valence-corrected chi connectivity index (χ0v) is 11.5. The van der Waals surface area contributed by atoms with Crippen LogP contribution >= 0.6 is 0 Å². The van der Waals surface area contributed by atoms with Gasteiger partial charge < -0.3 is 5.32 Å². The highest BCUT2D eigenvalue weighted by molar-refractivity contribution is 5.76. The Bertz CT molecular complexity index is 396. The molecule has 0 aliphatic carbocycles. The van der Waals surface area contributed by atoms with Crippen molar-refractivity contribution in [3.8, 4) is 0 Å². The van der Waals surface area contributed by atoms with Crippen molar-refractivity contribution in [1.29, 1.82) is 0 Å². The summed E-state index contributed by atoms with van der Waals surface area (Å²) in [6, 6.07) is 6.43. The molecule has 1 unspecified atom stereocenters. The fraction of sp³-hybridized carbons (Fsp3) is 0.533. The first-order chi connectivity index (χ1) is 7.90. The van der Waals surface area contributed by atoms with Crippen molar-refractivity contribution in [2.24, 2.45) is 5.92 Å². The van der Waals surface area contributed by atoms with Gasteiger partial charge in [0.2, 0.25) is 5.91 Å². The van der Waals surface area contributed by atoms with Gasteiger partial charge in [0.1, 0.15) is 0 Å². The lowest BCUT2D eigenvalue weighted by molar-refractivity contribution is -0.122. The normalized spacial score (nSPS) is 12.6. The van der Waals surface area contributed by atoms with E-state index in [1.54, 1.807) is 0 Å². The summed E-state index contributed by atoms with van der Waals surface area (Å²) in [4.78, 5) is 11.7. The summed E-state index contributed by atoms with van der Waals surface area (Å²) in [6.07, 6.45) is 0.592. The second kappa shape index (κ2) is 5.85. The van der Waals surface area contributed by atoms with Crippen molar-refractivity contribution in [2.75, 3.05) is 0 Å². The first-order valence-electron chi connectivity index (χ1n) is 6.26. The molecule has 17 heavy (non-hydrogen) atoms. The van der Waals surface area contributed by atoms with Gasteiger partial charge in [0.05, 0.1) is 6.04 Å². The molecule has 1 aromatic carbocycles. The fourth-order valence-electron chi connectivity index (χ4n) is 1.79. The molecule has 1 rings (SSSR count). The van der Waals surface area contributed by atoms with E-state index in [0.717, 1.165) is 0 Å². The van der Waals surface area contributed by atoms with Crippen LogP contribution in [-0.4, -0.2) is 5.91 Å². The Morgan fingerprint density at radius 2 is 1.82 bits per heavy atom. The van der Waals surface area contributed by atoms with Gasteiger partial charge >= 0.3 is 0 Å². The van der Waals surface area contributed by atoms with Crippen molar-refractivity contribution < 1.29 is 4.79 Å². The Morgan fingerprint density at radius 3 is 2.35 bits per heavy atom. The minimum atomic E-state index is 0.0838. The quantitative estimate of drug-likeness (QED) is 0.847. The summed E-state index contributed by atoms with van der Waals surface area (Å²) in [6.45, 7) is 10.3. The topological polar surface area (TPSA) is 29.1 Å². The molecule has 2 nitrogen and oxygen atoms in total. The molecule has 0 aliphatic heterocycles. The predicted octanol–water partition coefficient (Wildman–Crippen LogP) is 3.53. The average molecular weight is 233 g/mol. The van der Waals surface area contributed by atoms with Crippen LogP contribution in [0, 0.1) is 19.8 Å². The standard InChI is InChI=1S/C15H23NO/c1-10(2)8-15(17)16-13(5)14-7-6-11(3)12(4)9-14/h6-7,9-10,13H,8H2,1-5H3,(H,16,17). The van der Waals surface area contributed by atoms with E-state index in [0.29, 0.717) is 12.3 Å². The van der Waals surface area contributed by atoms with Gasteiger partial charge in [-0.25, -0.2) is 0 Å². The molecule has 0 bridgehead atoms. The summed E-state index contributed by atoms with van der Waals surface area (Å²) in [7, 11) is 0. The second-order valence-corrected chi connectivity index (χ2v) is 5.23. The summed E-state index contributed by atoms with van der Waals surface area (Å²) < 4.78 is 0. The average Bonchev–Trinajstić information content (AvgIpc) is 2.20. The van der Waals surface area contributed by atoms with Gasteiger partial charge in [-0.2, -0.15) is 0 Å². The van der Waals surface area contributed by atoms with E-state index in [1.807, 2.05) is 6.92 Å². The van der Waals surface area contributed by atoms with Crippen molar-refractivity contribution in [2.45, 2.75) is 47.1 Å². The van der Waals surface area contributed by atoms with E-state index in [4.69, 9.17) is 0 Å². The predicted molar refractivity (Wildman–Crippen MR) is 71.9 cm³/mol. The van der Waals surface area contributed by atoms with Gasteiger partial charge in [0, 0.05) is 6.42 Å². The lowest BCUT2D eigenvalue weighted by Gasteiger charge is -2.16. The minimum absolute atomic E-state index is 0.0838. The number of nitrogens with one attached hydrogen (secondary N) is 1. The number of aryl methyl sites for hydroxylation is 2. The Labute approximate surface area is 104 Å². The van der Waals surface area contributed by atoms with E-state index in [-0.39, 0.29) is 11.9 Å². The molecule has 0 radical (unpaired) electrons. The first kappa shape index (κ1) is 13.8. The molecule has 0 saturated carbocycles. The summed E-state index contributed by atoms with van der Waals surface area (Å²) in [5, 5.41) is 3.04. The van der Waals surface area contributed by atoms with Crippen LogP contribution in [-0.2, 0) is 4.79 Å².